The Kier molecular flexibility index (Phi) is 4.45. The predicted molar refractivity (Wildman–Crippen MR) is 71.4 cm³/mol. The van der Waals surface area contributed by atoms with Crippen molar-refractivity contribution in [2.75, 3.05) is 7.11 Å². The fourth-order valence-corrected chi connectivity index (χ4v) is 2.30. The Hall–Kier alpha value is -1.81. The average Bonchev–Trinajstić information content (AvgIpc) is 2.45. The summed E-state index contributed by atoms with van der Waals surface area (Å²) >= 11 is 0. The highest BCUT2D eigenvalue weighted by molar-refractivity contribution is 5.28. The maximum atomic E-state index is 13.4. The number of halogens is 3. The van der Waals surface area contributed by atoms with Gasteiger partial charge in [0.2, 0.25) is 0 Å². The summed E-state index contributed by atoms with van der Waals surface area (Å²) in [6, 6.07) is 16.3. The SMILES string of the molecule is COC(c1ccccc1)C(c1ccccc1)C(F)(F)F. The lowest BCUT2D eigenvalue weighted by Gasteiger charge is -2.28. The largest absolute Gasteiger partial charge is 0.398 e. The Balaban J connectivity index is 2.46. The van der Waals surface area contributed by atoms with Gasteiger partial charge >= 0.3 is 6.18 Å². The topological polar surface area (TPSA) is 9.23 Å². The van der Waals surface area contributed by atoms with Crippen LogP contribution in [0.3, 0.4) is 0 Å². The second-order valence-corrected chi connectivity index (χ2v) is 4.50. The van der Waals surface area contributed by atoms with Crippen LogP contribution in [0.5, 0.6) is 0 Å². The van der Waals surface area contributed by atoms with Crippen molar-refractivity contribution < 1.29 is 17.9 Å². The first-order valence-electron chi connectivity index (χ1n) is 6.23. The van der Waals surface area contributed by atoms with E-state index >= 15 is 0 Å². The van der Waals surface area contributed by atoms with Gasteiger partial charge in [-0.05, 0) is 11.1 Å². The number of benzene rings is 2. The summed E-state index contributed by atoms with van der Waals surface area (Å²) in [5.41, 5.74) is 0.719. The third-order valence-corrected chi connectivity index (χ3v) is 3.20. The van der Waals surface area contributed by atoms with E-state index in [9.17, 15) is 13.2 Å². The highest BCUT2D eigenvalue weighted by Crippen LogP contribution is 2.45. The summed E-state index contributed by atoms with van der Waals surface area (Å²) in [5, 5.41) is 0. The van der Waals surface area contributed by atoms with E-state index in [-0.39, 0.29) is 5.56 Å². The molecule has 2 unspecified atom stereocenters. The molecule has 2 rings (SSSR count). The number of alkyl halides is 3. The fraction of sp³-hybridized carbons (Fsp3) is 0.250. The molecule has 0 spiro atoms. The van der Waals surface area contributed by atoms with Crippen molar-refractivity contribution in [1.29, 1.82) is 0 Å². The summed E-state index contributed by atoms with van der Waals surface area (Å²) in [6.07, 6.45) is -5.43. The Bertz CT molecular complexity index is 522. The maximum Gasteiger partial charge on any atom is 0.398 e. The summed E-state index contributed by atoms with van der Waals surface area (Å²) in [5.74, 6) is -1.68. The summed E-state index contributed by atoms with van der Waals surface area (Å²) < 4.78 is 45.5. The summed E-state index contributed by atoms with van der Waals surface area (Å²) in [6.45, 7) is 0. The zero-order valence-electron chi connectivity index (χ0n) is 11.0. The first-order chi connectivity index (χ1) is 9.54. The van der Waals surface area contributed by atoms with Crippen molar-refractivity contribution in [2.24, 2.45) is 0 Å². The Morgan fingerprint density at radius 1 is 0.800 bits per heavy atom. The molecule has 0 saturated carbocycles. The highest BCUT2D eigenvalue weighted by atomic mass is 19.4. The van der Waals surface area contributed by atoms with Crippen molar-refractivity contribution in [3.8, 4) is 0 Å². The smallest absolute Gasteiger partial charge is 0.376 e. The minimum atomic E-state index is -4.38. The maximum absolute atomic E-state index is 13.4. The van der Waals surface area contributed by atoms with Crippen molar-refractivity contribution >= 4 is 0 Å². The van der Waals surface area contributed by atoms with Gasteiger partial charge in [-0.15, -0.1) is 0 Å². The zero-order valence-corrected chi connectivity index (χ0v) is 11.0. The van der Waals surface area contributed by atoms with Crippen LogP contribution < -0.4 is 0 Å². The van der Waals surface area contributed by atoms with Gasteiger partial charge in [-0.1, -0.05) is 60.7 Å². The Morgan fingerprint density at radius 2 is 1.25 bits per heavy atom. The first kappa shape index (κ1) is 14.6. The number of hydrogen-bond acceptors (Lipinski definition) is 1. The lowest BCUT2D eigenvalue weighted by molar-refractivity contribution is -0.177. The van der Waals surface area contributed by atoms with E-state index in [1.54, 1.807) is 48.5 Å². The highest BCUT2D eigenvalue weighted by Gasteiger charge is 2.46. The molecule has 0 bridgehead atoms. The number of ether oxygens (including phenoxy) is 1. The van der Waals surface area contributed by atoms with Crippen molar-refractivity contribution in [2.45, 2.75) is 18.2 Å². The van der Waals surface area contributed by atoms with E-state index in [1.807, 2.05) is 0 Å². The molecule has 0 aliphatic carbocycles. The zero-order chi connectivity index (χ0) is 14.6. The lowest BCUT2D eigenvalue weighted by atomic mass is 9.88. The molecule has 2 aromatic rings. The molecular formula is C16H15F3O. The second kappa shape index (κ2) is 6.09. The molecule has 20 heavy (non-hydrogen) atoms. The van der Waals surface area contributed by atoms with Crippen LogP contribution in [-0.4, -0.2) is 13.3 Å². The van der Waals surface area contributed by atoms with Gasteiger partial charge in [0.1, 0.15) is 5.92 Å². The van der Waals surface area contributed by atoms with E-state index in [0.29, 0.717) is 5.56 Å². The second-order valence-electron chi connectivity index (χ2n) is 4.50. The van der Waals surface area contributed by atoms with Gasteiger partial charge in [-0.25, -0.2) is 0 Å². The molecule has 106 valence electrons. The summed E-state index contributed by atoms with van der Waals surface area (Å²) in [7, 11) is 1.30. The number of methoxy groups -OCH3 is 1. The molecule has 0 N–H and O–H groups in total. The van der Waals surface area contributed by atoms with Crippen LogP contribution in [0.25, 0.3) is 0 Å². The fourth-order valence-electron chi connectivity index (χ4n) is 2.30. The molecule has 0 radical (unpaired) electrons. The van der Waals surface area contributed by atoms with Crippen LogP contribution in [0.15, 0.2) is 60.7 Å². The molecule has 0 fully saturated rings. The predicted octanol–water partition coefficient (Wildman–Crippen LogP) is 4.72. The molecule has 4 heteroatoms. The van der Waals surface area contributed by atoms with E-state index < -0.39 is 18.2 Å². The minimum Gasteiger partial charge on any atom is -0.376 e. The monoisotopic (exact) mass is 280 g/mol. The molecule has 0 aromatic heterocycles. The molecular weight excluding hydrogens is 265 g/mol. The minimum absolute atomic E-state index is 0.204. The third kappa shape index (κ3) is 3.20. The summed E-state index contributed by atoms with van der Waals surface area (Å²) in [4.78, 5) is 0. The third-order valence-electron chi connectivity index (χ3n) is 3.20. The number of hydrogen-bond donors (Lipinski definition) is 0. The Morgan fingerprint density at radius 3 is 1.65 bits per heavy atom. The van der Waals surface area contributed by atoms with Gasteiger partial charge in [0.05, 0.1) is 6.10 Å². The lowest BCUT2D eigenvalue weighted by Crippen LogP contribution is -2.28. The van der Waals surface area contributed by atoms with Gasteiger partial charge in [0.15, 0.2) is 0 Å². The van der Waals surface area contributed by atoms with E-state index in [1.165, 1.54) is 19.2 Å². The first-order valence-corrected chi connectivity index (χ1v) is 6.23. The molecule has 0 amide bonds. The molecule has 0 aliphatic heterocycles. The van der Waals surface area contributed by atoms with E-state index in [0.717, 1.165) is 0 Å². The Labute approximate surface area is 116 Å². The molecule has 2 aromatic carbocycles. The molecule has 1 nitrogen and oxygen atoms in total. The van der Waals surface area contributed by atoms with Crippen molar-refractivity contribution in [3.05, 3.63) is 71.8 Å². The molecule has 2 atom stereocenters. The van der Waals surface area contributed by atoms with Crippen LogP contribution in [0, 0.1) is 0 Å². The van der Waals surface area contributed by atoms with E-state index in [4.69, 9.17) is 4.74 Å². The standard InChI is InChI=1S/C16H15F3O/c1-20-15(13-10-6-3-7-11-13)14(16(17,18)19)12-8-4-2-5-9-12/h2-11,14-15H,1H3. The van der Waals surface area contributed by atoms with Gasteiger partial charge in [0, 0.05) is 7.11 Å². The molecule has 0 aliphatic rings. The van der Waals surface area contributed by atoms with Crippen LogP contribution in [0.2, 0.25) is 0 Å². The van der Waals surface area contributed by atoms with Crippen molar-refractivity contribution in [1.82, 2.24) is 0 Å². The van der Waals surface area contributed by atoms with Gasteiger partial charge in [-0.2, -0.15) is 13.2 Å². The van der Waals surface area contributed by atoms with Gasteiger partial charge in [-0.3, -0.25) is 0 Å². The normalized spacial score (nSPS) is 14.8. The van der Waals surface area contributed by atoms with E-state index in [2.05, 4.69) is 0 Å². The molecule has 0 saturated heterocycles. The van der Waals surface area contributed by atoms with Crippen LogP contribution in [-0.2, 0) is 4.74 Å². The average molecular weight is 280 g/mol. The number of rotatable bonds is 4. The van der Waals surface area contributed by atoms with Gasteiger partial charge < -0.3 is 4.74 Å². The van der Waals surface area contributed by atoms with Crippen LogP contribution >= 0.6 is 0 Å². The van der Waals surface area contributed by atoms with Crippen molar-refractivity contribution in [3.63, 3.8) is 0 Å². The molecule has 0 heterocycles. The quantitative estimate of drug-likeness (QED) is 0.787. The van der Waals surface area contributed by atoms with Gasteiger partial charge in [0.25, 0.3) is 0 Å². The van der Waals surface area contributed by atoms with Crippen LogP contribution in [0.4, 0.5) is 13.2 Å². The van der Waals surface area contributed by atoms with Crippen LogP contribution in [0.1, 0.15) is 23.1 Å².